The maximum Gasteiger partial charge on any atom is 0.256 e. The van der Waals surface area contributed by atoms with Crippen molar-refractivity contribution >= 4 is 23.2 Å². The monoisotopic (exact) mass is 427 g/mol. The van der Waals surface area contributed by atoms with Gasteiger partial charge in [0.2, 0.25) is 0 Å². The number of Topliss-reactive ketones (excluding diaryl/α,β-unsaturated/α-hetero) is 1. The molecule has 4 rings (SSSR count). The van der Waals surface area contributed by atoms with Crippen LogP contribution in [0.3, 0.4) is 0 Å². The molecule has 0 radical (unpaired) electrons. The number of methoxy groups -OCH3 is 1. The van der Waals surface area contributed by atoms with Gasteiger partial charge in [-0.3, -0.25) is 14.6 Å². The van der Waals surface area contributed by atoms with Crippen molar-refractivity contribution < 1.29 is 14.3 Å². The molecule has 0 saturated heterocycles. The van der Waals surface area contributed by atoms with Gasteiger partial charge in [0.25, 0.3) is 5.91 Å². The molecule has 2 heterocycles. The fourth-order valence-electron chi connectivity index (χ4n) is 3.88. The van der Waals surface area contributed by atoms with Gasteiger partial charge in [0.1, 0.15) is 11.6 Å². The van der Waals surface area contributed by atoms with Gasteiger partial charge in [-0.15, -0.1) is 0 Å². The quantitative estimate of drug-likeness (QED) is 0.576. The molecule has 6 heteroatoms. The van der Waals surface area contributed by atoms with E-state index in [4.69, 9.17) is 9.73 Å². The lowest BCUT2D eigenvalue weighted by atomic mass is 9.85. The lowest BCUT2D eigenvalue weighted by Crippen LogP contribution is -2.30. The SMILES string of the molecule is COc1ccc2c(c1)C(CC(=O)c1cccc(C(=O)Nc3ccccn3)c1)=NC(C)(C)C2. The van der Waals surface area contributed by atoms with E-state index < -0.39 is 0 Å². The summed E-state index contributed by atoms with van der Waals surface area (Å²) in [6, 6.07) is 17.9. The number of nitrogens with zero attached hydrogens (tertiary/aromatic N) is 2. The number of ether oxygens (including phenoxy) is 1. The van der Waals surface area contributed by atoms with Crippen molar-refractivity contribution in [3.63, 3.8) is 0 Å². The molecule has 2 aromatic carbocycles. The zero-order valence-electron chi connectivity index (χ0n) is 18.4. The Labute approximate surface area is 187 Å². The molecular weight excluding hydrogens is 402 g/mol. The van der Waals surface area contributed by atoms with Crippen LogP contribution in [0.2, 0.25) is 0 Å². The number of hydrogen-bond donors (Lipinski definition) is 1. The van der Waals surface area contributed by atoms with Crippen LogP contribution < -0.4 is 10.1 Å². The Morgan fingerprint density at radius 1 is 1.03 bits per heavy atom. The van der Waals surface area contributed by atoms with Gasteiger partial charge >= 0.3 is 0 Å². The van der Waals surface area contributed by atoms with Crippen molar-refractivity contribution in [1.29, 1.82) is 0 Å². The number of benzene rings is 2. The first-order valence-electron chi connectivity index (χ1n) is 10.5. The molecule has 1 aliphatic heterocycles. The number of rotatable bonds is 6. The van der Waals surface area contributed by atoms with E-state index in [-0.39, 0.29) is 23.7 Å². The molecule has 0 saturated carbocycles. The number of nitrogens with one attached hydrogen (secondary N) is 1. The van der Waals surface area contributed by atoms with Crippen LogP contribution >= 0.6 is 0 Å². The van der Waals surface area contributed by atoms with Crippen molar-refractivity contribution in [2.45, 2.75) is 32.2 Å². The summed E-state index contributed by atoms with van der Waals surface area (Å²) in [4.78, 5) is 34.7. The smallest absolute Gasteiger partial charge is 0.256 e. The second-order valence-electron chi connectivity index (χ2n) is 8.42. The van der Waals surface area contributed by atoms with Crippen LogP contribution in [-0.4, -0.2) is 35.0 Å². The van der Waals surface area contributed by atoms with Crippen LogP contribution in [0, 0.1) is 0 Å². The largest absolute Gasteiger partial charge is 0.497 e. The zero-order valence-corrected chi connectivity index (χ0v) is 18.4. The summed E-state index contributed by atoms with van der Waals surface area (Å²) in [5.74, 6) is 0.780. The fraction of sp³-hybridized carbons (Fsp3) is 0.231. The number of carbonyl (C=O) groups is 2. The van der Waals surface area contributed by atoms with Gasteiger partial charge in [-0.1, -0.05) is 24.3 Å². The Bertz CT molecular complexity index is 1200. The second kappa shape index (κ2) is 8.75. The van der Waals surface area contributed by atoms with Gasteiger partial charge in [0, 0.05) is 22.9 Å². The number of carbonyl (C=O) groups excluding carboxylic acids is 2. The van der Waals surface area contributed by atoms with E-state index in [2.05, 4.69) is 24.1 Å². The van der Waals surface area contributed by atoms with Crippen LogP contribution in [0.25, 0.3) is 0 Å². The molecule has 0 unspecified atom stereocenters. The number of aliphatic imine (C=N–C) groups is 1. The minimum absolute atomic E-state index is 0.0947. The van der Waals surface area contributed by atoms with Gasteiger partial charge in [-0.25, -0.2) is 4.98 Å². The Kier molecular flexibility index (Phi) is 5.86. The van der Waals surface area contributed by atoms with Crippen molar-refractivity contribution in [2.75, 3.05) is 12.4 Å². The summed E-state index contributed by atoms with van der Waals surface area (Å²) in [5, 5.41) is 2.74. The maximum absolute atomic E-state index is 13.2. The molecule has 1 aromatic heterocycles. The van der Waals surface area contributed by atoms with E-state index in [0.29, 0.717) is 16.9 Å². The third kappa shape index (κ3) is 4.75. The molecule has 0 spiro atoms. The maximum atomic E-state index is 13.2. The highest BCUT2D eigenvalue weighted by Gasteiger charge is 2.28. The van der Waals surface area contributed by atoms with E-state index in [9.17, 15) is 9.59 Å². The van der Waals surface area contributed by atoms with E-state index >= 15 is 0 Å². The topological polar surface area (TPSA) is 80.7 Å². The summed E-state index contributed by atoms with van der Waals surface area (Å²) in [7, 11) is 1.62. The number of amides is 1. The van der Waals surface area contributed by atoms with Gasteiger partial charge in [-0.2, -0.15) is 0 Å². The summed E-state index contributed by atoms with van der Waals surface area (Å²) in [6.45, 7) is 4.13. The van der Waals surface area contributed by atoms with Gasteiger partial charge in [-0.05, 0) is 62.2 Å². The number of anilines is 1. The van der Waals surface area contributed by atoms with Crippen molar-refractivity contribution in [2.24, 2.45) is 4.99 Å². The molecule has 1 N–H and O–H groups in total. The third-order valence-corrected chi connectivity index (χ3v) is 5.37. The lowest BCUT2D eigenvalue weighted by Gasteiger charge is -2.29. The number of pyridine rings is 1. The minimum atomic E-state index is -0.315. The number of hydrogen-bond acceptors (Lipinski definition) is 5. The molecule has 3 aromatic rings. The highest BCUT2D eigenvalue weighted by atomic mass is 16.5. The summed E-state index contributed by atoms with van der Waals surface area (Å²) < 4.78 is 5.37. The second-order valence-corrected chi connectivity index (χ2v) is 8.42. The molecule has 162 valence electrons. The molecule has 0 atom stereocenters. The van der Waals surface area contributed by atoms with Crippen LogP contribution in [-0.2, 0) is 6.42 Å². The summed E-state index contributed by atoms with van der Waals surface area (Å²) in [5.41, 5.74) is 3.41. The normalized spacial score (nSPS) is 14.2. The molecule has 0 aliphatic carbocycles. The fourth-order valence-corrected chi connectivity index (χ4v) is 3.88. The predicted octanol–water partition coefficient (Wildman–Crippen LogP) is 4.74. The molecule has 0 bridgehead atoms. The molecule has 6 nitrogen and oxygen atoms in total. The van der Waals surface area contributed by atoms with E-state index in [1.54, 1.807) is 55.8 Å². The average molecular weight is 428 g/mol. The highest BCUT2D eigenvalue weighted by molar-refractivity contribution is 6.17. The zero-order chi connectivity index (χ0) is 22.7. The van der Waals surface area contributed by atoms with E-state index in [0.717, 1.165) is 29.0 Å². The molecule has 1 aliphatic rings. The van der Waals surface area contributed by atoms with Gasteiger partial charge in [0.05, 0.1) is 24.8 Å². The van der Waals surface area contributed by atoms with Gasteiger partial charge in [0.15, 0.2) is 5.78 Å². The number of aromatic nitrogens is 1. The van der Waals surface area contributed by atoms with Crippen LogP contribution in [0.15, 0.2) is 71.9 Å². The first-order valence-corrected chi connectivity index (χ1v) is 10.5. The average Bonchev–Trinajstić information content (AvgIpc) is 2.79. The van der Waals surface area contributed by atoms with Crippen molar-refractivity contribution in [3.8, 4) is 5.75 Å². The first-order chi connectivity index (χ1) is 15.3. The lowest BCUT2D eigenvalue weighted by molar-refractivity contribution is 0.100. The summed E-state index contributed by atoms with van der Waals surface area (Å²) in [6.07, 6.45) is 2.55. The van der Waals surface area contributed by atoms with Crippen LogP contribution in [0.5, 0.6) is 5.75 Å². The Morgan fingerprint density at radius 3 is 2.59 bits per heavy atom. The van der Waals surface area contributed by atoms with Crippen LogP contribution in [0.4, 0.5) is 5.82 Å². The minimum Gasteiger partial charge on any atom is -0.497 e. The predicted molar refractivity (Wildman–Crippen MR) is 125 cm³/mol. The number of ketones is 1. The number of fused-ring (bicyclic) bond motifs is 1. The van der Waals surface area contributed by atoms with Crippen molar-refractivity contribution in [3.05, 3.63) is 89.1 Å². The molecular formula is C26H25N3O3. The standard InChI is InChI=1S/C26H25N3O3/c1-26(2)16-19-10-11-20(32-3)14-21(19)22(29-26)15-23(30)17-7-6-8-18(13-17)25(31)28-24-9-4-5-12-27-24/h4-14H,15-16H2,1-3H3,(H,27,28,31). The Hall–Kier alpha value is -3.80. The molecule has 1 amide bonds. The highest BCUT2D eigenvalue weighted by Crippen LogP contribution is 2.31. The van der Waals surface area contributed by atoms with E-state index in [1.165, 1.54) is 0 Å². The van der Waals surface area contributed by atoms with Gasteiger partial charge < -0.3 is 10.1 Å². The molecule has 0 fully saturated rings. The summed E-state index contributed by atoms with van der Waals surface area (Å²) >= 11 is 0. The molecule has 32 heavy (non-hydrogen) atoms. The van der Waals surface area contributed by atoms with Crippen molar-refractivity contribution in [1.82, 2.24) is 4.98 Å². The Balaban J connectivity index is 1.57. The Morgan fingerprint density at radius 2 is 1.84 bits per heavy atom. The van der Waals surface area contributed by atoms with Crippen LogP contribution in [0.1, 0.15) is 52.1 Å². The van der Waals surface area contributed by atoms with E-state index in [1.807, 2.05) is 18.2 Å². The first kappa shape index (κ1) is 21.4. The third-order valence-electron chi connectivity index (χ3n) is 5.37.